The first kappa shape index (κ1) is 12.0. The van der Waals surface area contributed by atoms with Crippen LogP contribution in [0.3, 0.4) is 0 Å². The standard InChI is InChI=1S/C14H18O3/c1-3-16-14(15)12-9-13(17-10(12)2)11-7-5-4-6-8-11/h7,9H,3-6,8H2,1-2H3. The molecule has 1 heterocycles. The van der Waals surface area contributed by atoms with E-state index in [1.165, 1.54) is 18.4 Å². The molecule has 0 spiro atoms. The fourth-order valence-corrected chi connectivity index (χ4v) is 2.11. The van der Waals surface area contributed by atoms with Crippen molar-refractivity contribution in [2.45, 2.75) is 39.5 Å². The molecule has 0 radical (unpaired) electrons. The average Bonchev–Trinajstić information content (AvgIpc) is 2.73. The van der Waals surface area contributed by atoms with Crippen molar-refractivity contribution in [1.29, 1.82) is 0 Å². The number of rotatable bonds is 3. The molecule has 3 nitrogen and oxygen atoms in total. The van der Waals surface area contributed by atoms with Crippen LogP contribution in [-0.2, 0) is 4.74 Å². The fourth-order valence-electron chi connectivity index (χ4n) is 2.11. The van der Waals surface area contributed by atoms with Crippen LogP contribution in [0.25, 0.3) is 5.57 Å². The SMILES string of the molecule is CCOC(=O)c1cc(C2=CCCCC2)oc1C. The van der Waals surface area contributed by atoms with E-state index in [0.717, 1.165) is 18.6 Å². The van der Waals surface area contributed by atoms with Gasteiger partial charge < -0.3 is 9.15 Å². The molecule has 1 aliphatic carbocycles. The molecule has 0 bridgehead atoms. The lowest BCUT2D eigenvalue weighted by Gasteiger charge is -2.09. The molecule has 1 aromatic heterocycles. The van der Waals surface area contributed by atoms with Crippen LogP contribution in [0.2, 0.25) is 0 Å². The van der Waals surface area contributed by atoms with Crippen LogP contribution in [0.5, 0.6) is 0 Å². The minimum Gasteiger partial charge on any atom is -0.462 e. The van der Waals surface area contributed by atoms with Gasteiger partial charge in [-0.05, 0) is 51.2 Å². The highest BCUT2D eigenvalue weighted by Gasteiger charge is 2.18. The number of carbonyl (C=O) groups excluding carboxylic acids is 1. The van der Waals surface area contributed by atoms with E-state index in [0.29, 0.717) is 17.9 Å². The van der Waals surface area contributed by atoms with Gasteiger partial charge in [0.05, 0.1) is 6.61 Å². The molecule has 0 fully saturated rings. The van der Waals surface area contributed by atoms with Crippen molar-refractivity contribution in [1.82, 2.24) is 0 Å². The topological polar surface area (TPSA) is 39.4 Å². The molecule has 17 heavy (non-hydrogen) atoms. The van der Waals surface area contributed by atoms with Crippen LogP contribution in [0.1, 0.15) is 54.5 Å². The van der Waals surface area contributed by atoms with E-state index in [1.807, 2.05) is 6.07 Å². The van der Waals surface area contributed by atoms with Crippen LogP contribution >= 0.6 is 0 Å². The zero-order chi connectivity index (χ0) is 12.3. The Morgan fingerprint density at radius 3 is 2.94 bits per heavy atom. The zero-order valence-corrected chi connectivity index (χ0v) is 10.4. The van der Waals surface area contributed by atoms with Gasteiger partial charge in [0.2, 0.25) is 0 Å². The average molecular weight is 234 g/mol. The Hall–Kier alpha value is -1.51. The van der Waals surface area contributed by atoms with Crippen molar-refractivity contribution in [2.75, 3.05) is 6.61 Å². The molecule has 0 saturated heterocycles. The molecule has 0 saturated carbocycles. The molecule has 92 valence electrons. The molecule has 0 amide bonds. The molecule has 0 unspecified atom stereocenters. The van der Waals surface area contributed by atoms with E-state index in [4.69, 9.17) is 9.15 Å². The lowest BCUT2D eigenvalue weighted by molar-refractivity contribution is 0.0524. The summed E-state index contributed by atoms with van der Waals surface area (Å²) in [4.78, 5) is 11.7. The first-order chi connectivity index (χ1) is 8.22. The molecule has 0 aromatic carbocycles. The van der Waals surface area contributed by atoms with Crippen molar-refractivity contribution in [3.63, 3.8) is 0 Å². The van der Waals surface area contributed by atoms with Gasteiger partial charge in [0, 0.05) is 0 Å². The van der Waals surface area contributed by atoms with E-state index in [-0.39, 0.29) is 5.97 Å². The van der Waals surface area contributed by atoms with Gasteiger partial charge >= 0.3 is 5.97 Å². The molecule has 0 aliphatic heterocycles. The van der Waals surface area contributed by atoms with E-state index in [2.05, 4.69) is 6.08 Å². The third-order valence-corrected chi connectivity index (χ3v) is 3.02. The normalized spacial score (nSPS) is 15.5. The van der Waals surface area contributed by atoms with Crippen molar-refractivity contribution < 1.29 is 13.9 Å². The Bertz CT molecular complexity index is 440. The van der Waals surface area contributed by atoms with Gasteiger partial charge in [0.25, 0.3) is 0 Å². The van der Waals surface area contributed by atoms with Gasteiger partial charge in [0.15, 0.2) is 0 Å². The smallest absolute Gasteiger partial charge is 0.341 e. The molecular formula is C14H18O3. The summed E-state index contributed by atoms with van der Waals surface area (Å²) in [7, 11) is 0. The molecule has 1 aliphatic rings. The lowest BCUT2D eigenvalue weighted by atomic mass is 9.98. The minimum absolute atomic E-state index is 0.295. The first-order valence-electron chi connectivity index (χ1n) is 6.19. The second-order valence-electron chi connectivity index (χ2n) is 4.28. The van der Waals surface area contributed by atoms with Crippen LogP contribution in [0.15, 0.2) is 16.6 Å². The summed E-state index contributed by atoms with van der Waals surface area (Å²) in [5.41, 5.74) is 1.77. The quantitative estimate of drug-likeness (QED) is 0.748. The number of esters is 1. The summed E-state index contributed by atoms with van der Waals surface area (Å²) in [6.45, 7) is 4.00. The summed E-state index contributed by atoms with van der Waals surface area (Å²) in [5, 5.41) is 0. The third kappa shape index (κ3) is 2.60. The van der Waals surface area contributed by atoms with E-state index >= 15 is 0 Å². The highest BCUT2D eigenvalue weighted by atomic mass is 16.5. The number of ether oxygens (including phenoxy) is 1. The number of hydrogen-bond acceptors (Lipinski definition) is 3. The predicted octanol–water partition coefficient (Wildman–Crippen LogP) is 3.72. The Kier molecular flexibility index (Phi) is 3.67. The molecular weight excluding hydrogens is 216 g/mol. The van der Waals surface area contributed by atoms with Crippen LogP contribution in [-0.4, -0.2) is 12.6 Å². The Morgan fingerprint density at radius 2 is 2.29 bits per heavy atom. The van der Waals surface area contributed by atoms with Crippen molar-refractivity contribution in [2.24, 2.45) is 0 Å². The molecule has 0 atom stereocenters. The molecule has 3 heteroatoms. The van der Waals surface area contributed by atoms with E-state index in [9.17, 15) is 4.79 Å². The fraction of sp³-hybridized carbons (Fsp3) is 0.500. The molecule has 0 N–H and O–H groups in total. The number of furan rings is 1. The lowest BCUT2D eigenvalue weighted by Crippen LogP contribution is -2.04. The van der Waals surface area contributed by atoms with Gasteiger partial charge in [-0.3, -0.25) is 0 Å². The highest BCUT2D eigenvalue weighted by molar-refractivity contribution is 5.91. The van der Waals surface area contributed by atoms with Crippen LogP contribution in [0.4, 0.5) is 0 Å². The van der Waals surface area contributed by atoms with Crippen LogP contribution in [0, 0.1) is 6.92 Å². The summed E-state index contributed by atoms with van der Waals surface area (Å²) in [6, 6.07) is 1.81. The molecule has 2 rings (SSSR count). The van der Waals surface area contributed by atoms with Gasteiger partial charge in [-0.2, -0.15) is 0 Å². The second-order valence-corrected chi connectivity index (χ2v) is 4.28. The Morgan fingerprint density at radius 1 is 1.47 bits per heavy atom. The number of allylic oxidation sites excluding steroid dienone is 2. The first-order valence-corrected chi connectivity index (χ1v) is 6.19. The number of carbonyl (C=O) groups is 1. The molecule has 1 aromatic rings. The monoisotopic (exact) mass is 234 g/mol. The van der Waals surface area contributed by atoms with Gasteiger partial charge in [-0.25, -0.2) is 4.79 Å². The second kappa shape index (κ2) is 5.21. The highest BCUT2D eigenvalue weighted by Crippen LogP contribution is 2.29. The predicted molar refractivity (Wildman–Crippen MR) is 65.8 cm³/mol. The maximum atomic E-state index is 11.7. The summed E-state index contributed by atoms with van der Waals surface area (Å²) in [5.74, 6) is 1.17. The van der Waals surface area contributed by atoms with Crippen LogP contribution < -0.4 is 0 Å². The van der Waals surface area contributed by atoms with Crippen molar-refractivity contribution in [3.05, 3.63) is 29.2 Å². The summed E-state index contributed by atoms with van der Waals surface area (Å²) < 4.78 is 10.6. The van der Waals surface area contributed by atoms with Crippen molar-refractivity contribution >= 4 is 11.5 Å². The van der Waals surface area contributed by atoms with Gasteiger partial charge in [0.1, 0.15) is 17.1 Å². The number of aryl methyl sites for hydroxylation is 1. The maximum absolute atomic E-state index is 11.7. The van der Waals surface area contributed by atoms with E-state index in [1.54, 1.807) is 13.8 Å². The third-order valence-electron chi connectivity index (χ3n) is 3.02. The Balaban J connectivity index is 2.23. The maximum Gasteiger partial charge on any atom is 0.341 e. The zero-order valence-electron chi connectivity index (χ0n) is 10.4. The minimum atomic E-state index is -0.295. The van der Waals surface area contributed by atoms with Gasteiger partial charge in [-0.15, -0.1) is 0 Å². The van der Waals surface area contributed by atoms with E-state index < -0.39 is 0 Å². The number of hydrogen-bond donors (Lipinski definition) is 0. The largest absolute Gasteiger partial charge is 0.462 e. The summed E-state index contributed by atoms with van der Waals surface area (Å²) >= 11 is 0. The Labute approximate surface area is 101 Å². The summed E-state index contributed by atoms with van der Waals surface area (Å²) in [6.07, 6.45) is 6.78. The van der Waals surface area contributed by atoms with Gasteiger partial charge in [-0.1, -0.05) is 6.08 Å². The van der Waals surface area contributed by atoms with Crippen molar-refractivity contribution in [3.8, 4) is 0 Å².